The van der Waals surface area contributed by atoms with Crippen molar-refractivity contribution in [3.8, 4) is 11.5 Å². The molecule has 0 N–H and O–H groups in total. The zero-order chi connectivity index (χ0) is 20.5. The van der Waals surface area contributed by atoms with E-state index in [0.29, 0.717) is 22.1 Å². The van der Waals surface area contributed by atoms with E-state index >= 15 is 0 Å². The topological polar surface area (TPSA) is 65.1 Å². The summed E-state index contributed by atoms with van der Waals surface area (Å²) in [6.07, 6.45) is 2.70. The molecule has 2 aliphatic rings. The van der Waals surface area contributed by atoms with Crippen LogP contribution in [0.25, 0.3) is 6.08 Å². The Balaban J connectivity index is 1.42. The van der Waals surface area contributed by atoms with E-state index in [9.17, 15) is 9.59 Å². The molecular weight excluding hydrogens is 394 g/mol. The van der Waals surface area contributed by atoms with Gasteiger partial charge in [-0.25, -0.2) is 4.79 Å². The van der Waals surface area contributed by atoms with Gasteiger partial charge in [-0.1, -0.05) is 29.8 Å². The molecule has 0 saturated heterocycles. The molecule has 0 aliphatic carbocycles. The summed E-state index contributed by atoms with van der Waals surface area (Å²) in [6.45, 7) is 3.68. The Morgan fingerprint density at radius 2 is 2.07 bits per heavy atom. The van der Waals surface area contributed by atoms with Crippen molar-refractivity contribution in [2.45, 2.75) is 32.4 Å². The predicted octanol–water partition coefficient (Wildman–Crippen LogP) is 3.99. The zero-order valence-corrected chi connectivity index (χ0v) is 16.8. The van der Waals surface area contributed by atoms with Gasteiger partial charge >= 0.3 is 5.97 Å². The fourth-order valence-corrected chi connectivity index (χ4v) is 3.88. The van der Waals surface area contributed by atoms with Crippen molar-refractivity contribution < 1.29 is 23.8 Å². The molecular formula is C22H20ClNO5. The second-order valence-electron chi connectivity index (χ2n) is 7.04. The van der Waals surface area contributed by atoms with Crippen LogP contribution in [0.4, 0.5) is 5.69 Å². The number of rotatable bonds is 4. The molecule has 29 heavy (non-hydrogen) atoms. The highest BCUT2D eigenvalue weighted by molar-refractivity contribution is 6.32. The second kappa shape index (κ2) is 7.79. The normalized spacial score (nSPS) is 18.0. The largest absolute Gasteiger partial charge is 0.454 e. The number of nitrogens with zero attached hydrogens (tertiary/aromatic N) is 1. The number of hydrogen-bond donors (Lipinski definition) is 0. The minimum Gasteiger partial charge on any atom is -0.454 e. The molecule has 2 heterocycles. The molecule has 2 atom stereocenters. The van der Waals surface area contributed by atoms with Gasteiger partial charge in [0.25, 0.3) is 5.91 Å². The number of ether oxygens (including phenoxy) is 3. The Morgan fingerprint density at radius 1 is 1.28 bits per heavy atom. The van der Waals surface area contributed by atoms with Crippen LogP contribution >= 0.6 is 11.6 Å². The van der Waals surface area contributed by atoms with Crippen LogP contribution in [0.2, 0.25) is 5.02 Å². The average Bonchev–Trinajstić information content (AvgIpc) is 3.29. The SMILES string of the molecule is C[C@@H](OC(=O)/C=C/c1cc(Cl)c2c(c1)OCO2)C(=O)N1c2ccccc2C[C@@H]1C. The Morgan fingerprint density at radius 3 is 2.90 bits per heavy atom. The van der Waals surface area contributed by atoms with Crippen molar-refractivity contribution in [3.05, 3.63) is 58.6 Å². The Kier molecular flexibility index (Phi) is 5.20. The van der Waals surface area contributed by atoms with Crippen LogP contribution in [0, 0.1) is 0 Å². The minimum absolute atomic E-state index is 0.0207. The number of carbonyl (C=O) groups is 2. The van der Waals surface area contributed by atoms with Crippen LogP contribution in [-0.2, 0) is 20.7 Å². The summed E-state index contributed by atoms with van der Waals surface area (Å²) in [4.78, 5) is 26.8. The lowest BCUT2D eigenvalue weighted by Crippen LogP contribution is -2.43. The molecule has 1 amide bonds. The molecule has 7 heteroatoms. The molecule has 0 saturated carbocycles. The molecule has 0 aromatic heterocycles. The van der Waals surface area contributed by atoms with Gasteiger partial charge in [0.1, 0.15) is 0 Å². The quantitative estimate of drug-likeness (QED) is 0.560. The van der Waals surface area contributed by atoms with Crippen molar-refractivity contribution in [1.82, 2.24) is 0 Å². The van der Waals surface area contributed by atoms with Crippen LogP contribution in [-0.4, -0.2) is 30.8 Å². The Bertz CT molecular complexity index is 1000. The molecule has 2 aliphatic heterocycles. The Labute approximate surface area is 173 Å². The highest BCUT2D eigenvalue weighted by Gasteiger charge is 2.34. The fourth-order valence-electron chi connectivity index (χ4n) is 3.61. The lowest BCUT2D eigenvalue weighted by atomic mass is 10.1. The fraction of sp³-hybridized carbons (Fsp3) is 0.273. The van der Waals surface area contributed by atoms with Gasteiger partial charge in [0.05, 0.1) is 5.02 Å². The maximum Gasteiger partial charge on any atom is 0.331 e. The lowest BCUT2D eigenvalue weighted by molar-refractivity contribution is -0.149. The first-order valence-corrected chi connectivity index (χ1v) is 9.70. The second-order valence-corrected chi connectivity index (χ2v) is 7.45. The Hall–Kier alpha value is -2.99. The monoisotopic (exact) mass is 413 g/mol. The number of carbonyl (C=O) groups excluding carboxylic acids is 2. The standard InChI is InChI=1S/C22H20ClNO5/c1-13-9-16-5-3-4-6-18(16)24(13)22(26)14(2)29-20(25)8-7-15-10-17(23)21-19(11-15)27-12-28-21/h3-8,10-11,13-14H,9,12H2,1-2H3/b8-7+/t13-,14+/m0/s1. The van der Waals surface area contributed by atoms with Crippen LogP contribution < -0.4 is 14.4 Å². The van der Waals surface area contributed by atoms with Gasteiger partial charge in [0.15, 0.2) is 17.6 Å². The molecule has 0 spiro atoms. The zero-order valence-electron chi connectivity index (χ0n) is 16.1. The van der Waals surface area contributed by atoms with E-state index in [-0.39, 0.29) is 18.7 Å². The highest BCUT2D eigenvalue weighted by Crippen LogP contribution is 2.40. The van der Waals surface area contributed by atoms with Gasteiger partial charge in [-0.2, -0.15) is 0 Å². The average molecular weight is 414 g/mol. The summed E-state index contributed by atoms with van der Waals surface area (Å²) in [5, 5.41) is 0.401. The van der Waals surface area contributed by atoms with Crippen LogP contribution in [0.1, 0.15) is 25.0 Å². The number of esters is 1. The van der Waals surface area contributed by atoms with Gasteiger partial charge in [0, 0.05) is 17.8 Å². The summed E-state index contributed by atoms with van der Waals surface area (Å²) in [6, 6.07) is 11.2. The van der Waals surface area contributed by atoms with Crippen molar-refractivity contribution >= 4 is 35.2 Å². The maximum atomic E-state index is 12.9. The predicted molar refractivity (Wildman–Crippen MR) is 109 cm³/mol. The third kappa shape index (κ3) is 3.80. The number of anilines is 1. The van der Waals surface area contributed by atoms with Crippen molar-refractivity contribution in [3.63, 3.8) is 0 Å². The lowest BCUT2D eigenvalue weighted by Gasteiger charge is -2.25. The third-order valence-corrected chi connectivity index (χ3v) is 5.23. The van der Waals surface area contributed by atoms with Crippen molar-refractivity contribution in [2.75, 3.05) is 11.7 Å². The summed E-state index contributed by atoms with van der Waals surface area (Å²) < 4.78 is 15.9. The maximum absolute atomic E-state index is 12.9. The number of halogens is 1. The molecule has 0 fully saturated rings. The number of para-hydroxylation sites is 1. The van der Waals surface area contributed by atoms with Gasteiger partial charge in [0.2, 0.25) is 6.79 Å². The number of benzene rings is 2. The van der Waals surface area contributed by atoms with Gasteiger partial charge in [-0.15, -0.1) is 0 Å². The van der Waals surface area contributed by atoms with E-state index in [1.54, 1.807) is 30.0 Å². The highest BCUT2D eigenvalue weighted by atomic mass is 35.5. The van der Waals surface area contributed by atoms with Crippen LogP contribution in [0.5, 0.6) is 11.5 Å². The molecule has 0 unspecified atom stereocenters. The first kappa shape index (κ1) is 19.3. The number of fused-ring (bicyclic) bond motifs is 2. The smallest absolute Gasteiger partial charge is 0.331 e. The molecule has 4 rings (SSSR count). The van der Waals surface area contributed by atoms with Gasteiger partial charge in [-0.3, -0.25) is 4.79 Å². The van der Waals surface area contributed by atoms with Crippen LogP contribution in [0.15, 0.2) is 42.5 Å². The van der Waals surface area contributed by atoms with E-state index in [4.69, 9.17) is 25.8 Å². The van der Waals surface area contributed by atoms with E-state index in [0.717, 1.165) is 17.7 Å². The van der Waals surface area contributed by atoms with Crippen molar-refractivity contribution in [1.29, 1.82) is 0 Å². The molecule has 2 aromatic rings. The molecule has 0 bridgehead atoms. The number of amides is 1. The van der Waals surface area contributed by atoms with E-state index < -0.39 is 12.1 Å². The van der Waals surface area contributed by atoms with E-state index in [1.165, 1.54) is 6.08 Å². The van der Waals surface area contributed by atoms with Crippen molar-refractivity contribution in [2.24, 2.45) is 0 Å². The van der Waals surface area contributed by atoms with Crippen LogP contribution in [0.3, 0.4) is 0 Å². The van der Waals surface area contributed by atoms with Gasteiger partial charge < -0.3 is 19.1 Å². The van der Waals surface area contributed by atoms with Gasteiger partial charge in [-0.05, 0) is 55.7 Å². The molecule has 0 radical (unpaired) electrons. The summed E-state index contributed by atoms with van der Waals surface area (Å²) in [5.41, 5.74) is 2.65. The molecule has 2 aromatic carbocycles. The van der Waals surface area contributed by atoms with E-state index in [2.05, 4.69) is 0 Å². The third-order valence-electron chi connectivity index (χ3n) is 4.95. The molecule has 6 nitrogen and oxygen atoms in total. The first-order chi connectivity index (χ1) is 13.9. The number of hydrogen-bond acceptors (Lipinski definition) is 5. The van der Waals surface area contributed by atoms with E-state index in [1.807, 2.05) is 31.2 Å². The summed E-state index contributed by atoms with van der Waals surface area (Å²) in [5.74, 6) is 0.163. The summed E-state index contributed by atoms with van der Waals surface area (Å²) in [7, 11) is 0. The molecule has 150 valence electrons. The first-order valence-electron chi connectivity index (χ1n) is 9.33. The minimum atomic E-state index is -0.902. The summed E-state index contributed by atoms with van der Waals surface area (Å²) >= 11 is 6.14.